The predicted octanol–water partition coefficient (Wildman–Crippen LogP) is 2.21. The van der Waals surface area contributed by atoms with Crippen molar-refractivity contribution >= 4 is 16.3 Å². The molecule has 1 aliphatic carbocycles. The quantitative estimate of drug-likeness (QED) is 0.464. The minimum Gasteiger partial charge on any atom is -0.269 e. The second-order valence-electron chi connectivity index (χ2n) is 2.40. The fraction of sp³-hybridized carbons (Fsp3) is 1.00. The Kier molecular flexibility index (Phi) is 8.76. The van der Waals surface area contributed by atoms with Crippen LogP contribution in [0.1, 0.15) is 32.1 Å². The van der Waals surface area contributed by atoms with E-state index in [2.05, 4.69) is 16.3 Å². The predicted molar refractivity (Wildman–Crippen MR) is 37.6 cm³/mol. The average Bonchev–Trinajstić information content (AvgIpc) is 1.69. The highest BCUT2D eigenvalue weighted by molar-refractivity contribution is 6.11. The van der Waals surface area contributed by atoms with Crippen molar-refractivity contribution in [2.24, 2.45) is 0 Å². The van der Waals surface area contributed by atoms with E-state index < -0.39 is 0 Å². The molecule has 0 aromatic rings. The average molecular weight is 150 g/mol. The third-order valence-corrected chi connectivity index (χ3v) is 2.32. The van der Waals surface area contributed by atoms with Gasteiger partial charge >= 0.3 is 0 Å². The van der Waals surface area contributed by atoms with Crippen LogP contribution in [0.2, 0.25) is 4.78 Å². The van der Waals surface area contributed by atoms with Crippen molar-refractivity contribution < 1.29 is 9.41 Å². The molecule has 9 heavy (non-hydrogen) atoms. The summed E-state index contributed by atoms with van der Waals surface area (Å²) in [4.78, 5) is 0. The Hall–Kier alpha value is 0.392. The molecule has 0 heterocycles. The van der Waals surface area contributed by atoms with Crippen molar-refractivity contribution in [1.82, 2.24) is 0 Å². The zero-order valence-corrected chi connectivity index (χ0v) is 6.66. The maximum Gasteiger partial charge on any atom is 0.123 e. The molecule has 2 radical (unpaired) electrons. The summed E-state index contributed by atoms with van der Waals surface area (Å²) >= 11 is 2.91. The first-order valence-electron chi connectivity index (χ1n) is 3.15. The molecule has 0 amide bonds. The van der Waals surface area contributed by atoms with E-state index in [0.29, 0.717) is 0 Å². The SMILES string of the molecule is F.F.[Al][CH]1CCCCC1. The number of rotatable bonds is 0. The Balaban J connectivity index is 0. The minimum absolute atomic E-state index is 0. The smallest absolute Gasteiger partial charge is 0.123 e. The van der Waals surface area contributed by atoms with Crippen molar-refractivity contribution in [3.05, 3.63) is 0 Å². The van der Waals surface area contributed by atoms with E-state index in [9.17, 15) is 0 Å². The van der Waals surface area contributed by atoms with Crippen LogP contribution in [-0.2, 0) is 0 Å². The van der Waals surface area contributed by atoms with Crippen LogP contribution in [-0.4, -0.2) is 16.3 Å². The molecular formula is C6H13AlF2. The lowest BCUT2D eigenvalue weighted by molar-refractivity contribution is 0.504. The van der Waals surface area contributed by atoms with Crippen molar-refractivity contribution in [2.45, 2.75) is 36.9 Å². The van der Waals surface area contributed by atoms with Gasteiger partial charge < -0.3 is 0 Å². The van der Waals surface area contributed by atoms with Gasteiger partial charge in [-0.2, -0.15) is 0 Å². The summed E-state index contributed by atoms with van der Waals surface area (Å²) in [5.74, 6) is 0. The Bertz CT molecular complexity index is 53.0. The van der Waals surface area contributed by atoms with Crippen LogP contribution in [0.3, 0.4) is 0 Å². The lowest BCUT2D eigenvalue weighted by Gasteiger charge is -2.16. The van der Waals surface area contributed by atoms with Gasteiger partial charge in [0, 0.05) is 0 Å². The lowest BCUT2D eigenvalue weighted by atomic mass is 10.0. The maximum absolute atomic E-state index is 2.91. The van der Waals surface area contributed by atoms with Crippen LogP contribution in [0.5, 0.6) is 0 Å². The van der Waals surface area contributed by atoms with E-state index in [0.717, 1.165) is 4.78 Å². The van der Waals surface area contributed by atoms with Crippen LogP contribution in [0.4, 0.5) is 9.41 Å². The van der Waals surface area contributed by atoms with Gasteiger partial charge in [0.1, 0.15) is 16.3 Å². The number of hydrogen-bond donors (Lipinski definition) is 0. The van der Waals surface area contributed by atoms with Crippen molar-refractivity contribution in [3.63, 3.8) is 0 Å². The minimum atomic E-state index is 0. The first-order chi connectivity index (χ1) is 3.39. The molecule has 0 atom stereocenters. The molecule has 1 fully saturated rings. The van der Waals surface area contributed by atoms with Crippen LogP contribution in [0.25, 0.3) is 0 Å². The summed E-state index contributed by atoms with van der Waals surface area (Å²) in [7, 11) is 0. The highest BCUT2D eigenvalue weighted by Crippen LogP contribution is 2.24. The summed E-state index contributed by atoms with van der Waals surface area (Å²) in [5, 5.41) is 0. The summed E-state index contributed by atoms with van der Waals surface area (Å²) in [6.07, 6.45) is 7.31. The van der Waals surface area contributed by atoms with E-state index in [1.54, 1.807) is 0 Å². The van der Waals surface area contributed by atoms with Gasteiger partial charge in [-0.15, -0.1) is 4.78 Å². The van der Waals surface area contributed by atoms with Crippen molar-refractivity contribution in [1.29, 1.82) is 0 Å². The highest BCUT2D eigenvalue weighted by atomic mass is 27.0. The molecule has 0 aromatic carbocycles. The molecule has 54 valence electrons. The van der Waals surface area contributed by atoms with Crippen LogP contribution >= 0.6 is 0 Å². The second-order valence-corrected chi connectivity index (χ2v) is 3.34. The molecular weight excluding hydrogens is 137 g/mol. The van der Waals surface area contributed by atoms with Gasteiger partial charge in [-0.25, -0.2) is 0 Å². The monoisotopic (exact) mass is 150 g/mol. The van der Waals surface area contributed by atoms with Gasteiger partial charge in [0.2, 0.25) is 0 Å². The zero-order chi connectivity index (χ0) is 5.11. The summed E-state index contributed by atoms with van der Waals surface area (Å²) < 4.78 is 0.953. The Morgan fingerprint density at radius 2 is 1.33 bits per heavy atom. The summed E-state index contributed by atoms with van der Waals surface area (Å²) in [6.45, 7) is 0. The molecule has 1 aliphatic rings. The molecule has 0 bridgehead atoms. The molecule has 0 saturated heterocycles. The van der Waals surface area contributed by atoms with Crippen molar-refractivity contribution in [2.75, 3.05) is 0 Å². The molecule has 1 saturated carbocycles. The van der Waals surface area contributed by atoms with Gasteiger partial charge in [-0.1, -0.05) is 32.1 Å². The molecule has 0 N–H and O–H groups in total. The third-order valence-electron chi connectivity index (χ3n) is 1.65. The second kappa shape index (κ2) is 6.51. The van der Waals surface area contributed by atoms with E-state index in [4.69, 9.17) is 0 Å². The topological polar surface area (TPSA) is 0 Å². The van der Waals surface area contributed by atoms with Crippen LogP contribution in [0, 0.1) is 0 Å². The van der Waals surface area contributed by atoms with Gasteiger partial charge in [-0.3, -0.25) is 9.41 Å². The molecule has 0 nitrogen and oxygen atoms in total. The van der Waals surface area contributed by atoms with Crippen molar-refractivity contribution in [3.8, 4) is 0 Å². The molecule has 0 spiro atoms. The fourth-order valence-electron chi connectivity index (χ4n) is 1.13. The third kappa shape index (κ3) is 4.87. The summed E-state index contributed by atoms with van der Waals surface area (Å²) in [6, 6.07) is 0. The van der Waals surface area contributed by atoms with Crippen LogP contribution in [0.15, 0.2) is 0 Å². The highest BCUT2D eigenvalue weighted by Gasteiger charge is 2.05. The maximum atomic E-state index is 2.91. The first-order valence-corrected chi connectivity index (χ1v) is 3.82. The molecule has 3 heteroatoms. The van der Waals surface area contributed by atoms with E-state index in [-0.39, 0.29) is 9.41 Å². The fourth-order valence-corrected chi connectivity index (χ4v) is 1.61. The largest absolute Gasteiger partial charge is 0.269 e. The molecule has 0 aliphatic heterocycles. The first kappa shape index (κ1) is 12.1. The van der Waals surface area contributed by atoms with E-state index in [1.807, 2.05) is 0 Å². The zero-order valence-electron chi connectivity index (χ0n) is 5.51. The van der Waals surface area contributed by atoms with Gasteiger partial charge in [0.05, 0.1) is 0 Å². The molecule has 1 rings (SSSR count). The number of halogens is 2. The standard InChI is InChI=1S/C6H11.Al.2FH/c1-2-4-6-5-3-1;;;/h1H,2-6H2;;2*1H. The number of hydrogen-bond acceptors (Lipinski definition) is 0. The lowest BCUT2D eigenvalue weighted by Crippen LogP contribution is -1.98. The molecule has 0 unspecified atom stereocenters. The Morgan fingerprint density at radius 1 is 0.889 bits per heavy atom. The van der Waals surface area contributed by atoms with Crippen LogP contribution < -0.4 is 0 Å². The Labute approximate surface area is 63.2 Å². The van der Waals surface area contributed by atoms with E-state index in [1.165, 1.54) is 32.1 Å². The normalized spacial score (nSPS) is 19.6. The van der Waals surface area contributed by atoms with Gasteiger partial charge in [0.15, 0.2) is 0 Å². The summed E-state index contributed by atoms with van der Waals surface area (Å²) in [5.41, 5.74) is 0. The Morgan fingerprint density at radius 3 is 1.56 bits per heavy atom. The van der Waals surface area contributed by atoms with E-state index >= 15 is 0 Å². The van der Waals surface area contributed by atoms with Gasteiger partial charge in [-0.05, 0) is 0 Å². The van der Waals surface area contributed by atoms with Gasteiger partial charge in [0.25, 0.3) is 0 Å². The molecule has 0 aromatic heterocycles.